The van der Waals surface area contributed by atoms with E-state index in [-0.39, 0.29) is 19.3 Å². The molecule has 0 radical (unpaired) electrons. The van der Waals surface area contributed by atoms with Gasteiger partial charge in [-0.15, -0.1) is 0 Å². The zero-order valence-corrected chi connectivity index (χ0v) is 10.8. The van der Waals surface area contributed by atoms with Crippen LogP contribution < -0.4 is 5.32 Å². The van der Waals surface area contributed by atoms with Crippen LogP contribution in [0.25, 0.3) is 0 Å². The number of carbonyl (C=O) groups is 3. The summed E-state index contributed by atoms with van der Waals surface area (Å²) in [6.45, 7) is 2.79. The summed E-state index contributed by atoms with van der Waals surface area (Å²) in [4.78, 5) is 34.7. The molecule has 18 heavy (non-hydrogen) atoms. The fraction of sp³-hybridized carbons (Fsp3) is 0.750. The van der Waals surface area contributed by atoms with Gasteiger partial charge in [-0.25, -0.2) is 4.79 Å². The van der Waals surface area contributed by atoms with E-state index in [9.17, 15) is 14.4 Å². The number of urea groups is 1. The third kappa shape index (κ3) is 5.16. The number of carboxylic acids is 1. The molecule has 0 aromatic rings. The number of amides is 3. The Bertz CT molecular complexity index is 343. The lowest BCUT2D eigenvalue weighted by molar-refractivity contribution is -0.137. The lowest BCUT2D eigenvalue weighted by atomic mass is 10.2. The fourth-order valence-electron chi connectivity index (χ4n) is 1.77. The minimum absolute atomic E-state index is 0.0585. The SMILES string of the molecule is CC1CC1CN(C)C(=O)NC(=O)CCCC(=O)O. The molecule has 1 fully saturated rings. The molecule has 6 nitrogen and oxygen atoms in total. The van der Waals surface area contributed by atoms with Crippen molar-refractivity contribution < 1.29 is 19.5 Å². The molecule has 1 saturated carbocycles. The smallest absolute Gasteiger partial charge is 0.323 e. The first-order chi connectivity index (χ1) is 8.40. The lowest BCUT2D eigenvalue weighted by Crippen LogP contribution is -2.41. The maximum Gasteiger partial charge on any atom is 0.323 e. The molecule has 0 spiro atoms. The van der Waals surface area contributed by atoms with Crippen molar-refractivity contribution in [3.05, 3.63) is 0 Å². The van der Waals surface area contributed by atoms with Crippen molar-refractivity contribution in [2.45, 2.75) is 32.6 Å². The highest BCUT2D eigenvalue weighted by atomic mass is 16.4. The highest BCUT2D eigenvalue weighted by Crippen LogP contribution is 2.37. The second kappa shape index (κ2) is 6.37. The summed E-state index contributed by atoms with van der Waals surface area (Å²) in [5.74, 6) is -0.153. The predicted molar refractivity (Wildman–Crippen MR) is 64.9 cm³/mol. The first-order valence-corrected chi connectivity index (χ1v) is 6.17. The number of hydrogen-bond acceptors (Lipinski definition) is 3. The minimum Gasteiger partial charge on any atom is -0.481 e. The molecular weight excluding hydrogens is 236 g/mol. The van der Waals surface area contributed by atoms with Gasteiger partial charge in [-0.3, -0.25) is 14.9 Å². The van der Waals surface area contributed by atoms with E-state index in [1.807, 2.05) is 0 Å². The van der Waals surface area contributed by atoms with Crippen LogP contribution >= 0.6 is 0 Å². The third-order valence-electron chi connectivity index (χ3n) is 3.17. The molecular formula is C12H20N2O4. The number of aliphatic carboxylic acids is 1. The van der Waals surface area contributed by atoms with Gasteiger partial charge in [0.1, 0.15) is 0 Å². The lowest BCUT2D eigenvalue weighted by Gasteiger charge is -2.17. The average molecular weight is 256 g/mol. The van der Waals surface area contributed by atoms with Gasteiger partial charge in [-0.1, -0.05) is 6.92 Å². The van der Waals surface area contributed by atoms with Gasteiger partial charge < -0.3 is 10.0 Å². The molecule has 0 aliphatic heterocycles. The van der Waals surface area contributed by atoms with E-state index < -0.39 is 17.9 Å². The minimum atomic E-state index is -0.936. The zero-order chi connectivity index (χ0) is 13.7. The Kier molecular flexibility index (Phi) is 5.12. The van der Waals surface area contributed by atoms with E-state index >= 15 is 0 Å². The quantitative estimate of drug-likeness (QED) is 0.744. The fourth-order valence-corrected chi connectivity index (χ4v) is 1.77. The standard InChI is InChI=1S/C12H20N2O4/c1-8-6-9(8)7-14(2)12(18)13-10(15)4-3-5-11(16)17/h8-9H,3-7H2,1-2H3,(H,16,17)(H,13,15,18). The Morgan fingerprint density at radius 1 is 1.33 bits per heavy atom. The largest absolute Gasteiger partial charge is 0.481 e. The van der Waals surface area contributed by atoms with E-state index in [1.165, 1.54) is 4.90 Å². The molecule has 1 rings (SSSR count). The number of hydrogen-bond donors (Lipinski definition) is 2. The summed E-state index contributed by atoms with van der Waals surface area (Å²) in [7, 11) is 1.66. The van der Waals surface area contributed by atoms with Gasteiger partial charge in [0, 0.05) is 26.4 Å². The highest BCUT2D eigenvalue weighted by Gasteiger charge is 2.34. The van der Waals surface area contributed by atoms with Crippen LogP contribution in [0.3, 0.4) is 0 Å². The summed E-state index contributed by atoms with van der Waals surface area (Å²) in [6.07, 6.45) is 1.38. The maximum absolute atomic E-state index is 11.6. The van der Waals surface area contributed by atoms with E-state index in [2.05, 4.69) is 12.2 Å². The zero-order valence-electron chi connectivity index (χ0n) is 10.8. The monoisotopic (exact) mass is 256 g/mol. The predicted octanol–water partition coefficient (Wildman–Crippen LogP) is 1.07. The number of nitrogens with one attached hydrogen (secondary N) is 1. The summed E-state index contributed by atoms with van der Waals surface area (Å²) in [5.41, 5.74) is 0. The molecule has 0 heterocycles. The van der Waals surface area contributed by atoms with Crippen LogP contribution in [0, 0.1) is 11.8 Å². The molecule has 3 amide bonds. The molecule has 0 saturated heterocycles. The van der Waals surface area contributed by atoms with Gasteiger partial charge in [0.2, 0.25) is 5.91 Å². The average Bonchev–Trinajstić information content (AvgIpc) is 2.93. The molecule has 0 aromatic carbocycles. The Balaban J connectivity index is 2.17. The van der Waals surface area contributed by atoms with E-state index in [0.717, 1.165) is 6.42 Å². The van der Waals surface area contributed by atoms with Crippen LogP contribution in [0.1, 0.15) is 32.6 Å². The van der Waals surface area contributed by atoms with Crippen molar-refractivity contribution in [1.82, 2.24) is 10.2 Å². The number of rotatable bonds is 6. The topological polar surface area (TPSA) is 86.7 Å². The first-order valence-electron chi connectivity index (χ1n) is 6.17. The molecule has 0 bridgehead atoms. The molecule has 2 N–H and O–H groups in total. The van der Waals surface area contributed by atoms with Crippen molar-refractivity contribution in [1.29, 1.82) is 0 Å². The van der Waals surface area contributed by atoms with Gasteiger partial charge in [-0.05, 0) is 24.7 Å². The van der Waals surface area contributed by atoms with Crippen LogP contribution in [0.4, 0.5) is 4.79 Å². The van der Waals surface area contributed by atoms with Crippen molar-refractivity contribution in [2.24, 2.45) is 11.8 Å². The summed E-state index contributed by atoms with van der Waals surface area (Å²) >= 11 is 0. The molecule has 102 valence electrons. The molecule has 2 atom stereocenters. The van der Waals surface area contributed by atoms with Crippen LogP contribution in [-0.4, -0.2) is 41.5 Å². The molecule has 0 aromatic heterocycles. The summed E-state index contributed by atoms with van der Waals surface area (Å²) in [6, 6.07) is -0.408. The van der Waals surface area contributed by atoms with E-state index in [1.54, 1.807) is 7.05 Å². The number of carboxylic acid groups (broad SMARTS) is 1. The van der Waals surface area contributed by atoms with Gasteiger partial charge in [0.25, 0.3) is 0 Å². The summed E-state index contributed by atoms with van der Waals surface area (Å²) in [5, 5.41) is 10.7. The van der Waals surface area contributed by atoms with E-state index in [0.29, 0.717) is 18.4 Å². The van der Waals surface area contributed by atoms with Gasteiger partial charge in [0.05, 0.1) is 0 Å². The first kappa shape index (κ1) is 14.5. The second-order valence-electron chi connectivity index (χ2n) is 4.95. The molecule has 1 aliphatic rings. The summed E-state index contributed by atoms with van der Waals surface area (Å²) < 4.78 is 0. The molecule has 1 aliphatic carbocycles. The van der Waals surface area contributed by atoms with Crippen LogP contribution in [0.2, 0.25) is 0 Å². The van der Waals surface area contributed by atoms with Crippen LogP contribution in [0.5, 0.6) is 0 Å². The van der Waals surface area contributed by atoms with E-state index in [4.69, 9.17) is 5.11 Å². The number of carbonyl (C=O) groups excluding carboxylic acids is 2. The Morgan fingerprint density at radius 3 is 2.44 bits per heavy atom. The third-order valence-corrected chi connectivity index (χ3v) is 3.17. The number of imide groups is 1. The second-order valence-corrected chi connectivity index (χ2v) is 4.95. The highest BCUT2D eigenvalue weighted by molar-refractivity contribution is 5.94. The Hall–Kier alpha value is -1.59. The van der Waals surface area contributed by atoms with Crippen molar-refractivity contribution in [3.8, 4) is 0 Å². The van der Waals surface area contributed by atoms with Crippen LogP contribution in [0.15, 0.2) is 0 Å². The van der Waals surface area contributed by atoms with Crippen molar-refractivity contribution in [2.75, 3.05) is 13.6 Å². The Labute approximate surface area is 106 Å². The van der Waals surface area contributed by atoms with Crippen molar-refractivity contribution >= 4 is 17.9 Å². The normalized spacial score (nSPS) is 21.2. The molecule has 6 heteroatoms. The van der Waals surface area contributed by atoms with Crippen molar-refractivity contribution in [3.63, 3.8) is 0 Å². The molecule has 2 unspecified atom stereocenters. The van der Waals surface area contributed by atoms with Gasteiger partial charge in [0.15, 0.2) is 0 Å². The maximum atomic E-state index is 11.6. The van der Waals surface area contributed by atoms with Crippen LogP contribution in [-0.2, 0) is 9.59 Å². The Morgan fingerprint density at radius 2 is 1.94 bits per heavy atom. The van der Waals surface area contributed by atoms with Gasteiger partial charge in [-0.2, -0.15) is 0 Å². The number of nitrogens with zero attached hydrogens (tertiary/aromatic N) is 1. The van der Waals surface area contributed by atoms with Gasteiger partial charge >= 0.3 is 12.0 Å².